The average molecular weight is 392 g/mol. The van der Waals surface area contributed by atoms with Crippen molar-refractivity contribution in [3.63, 3.8) is 0 Å². The van der Waals surface area contributed by atoms with Crippen molar-refractivity contribution in [2.24, 2.45) is 0 Å². The predicted octanol–water partition coefficient (Wildman–Crippen LogP) is 3.85. The van der Waals surface area contributed by atoms with Gasteiger partial charge in [-0.1, -0.05) is 6.07 Å². The van der Waals surface area contributed by atoms with Gasteiger partial charge in [-0.15, -0.1) is 0 Å². The molecule has 29 heavy (non-hydrogen) atoms. The summed E-state index contributed by atoms with van der Waals surface area (Å²) in [5.41, 5.74) is 3.33. The molecule has 0 radical (unpaired) electrons. The average Bonchev–Trinajstić information content (AvgIpc) is 2.71. The van der Waals surface area contributed by atoms with Crippen LogP contribution < -0.4 is 20.1 Å². The minimum absolute atomic E-state index is 0.246. The van der Waals surface area contributed by atoms with Crippen LogP contribution >= 0.6 is 0 Å². The Labute approximate surface area is 170 Å². The third-order valence-corrected chi connectivity index (χ3v) is 4.11. The molecular formula is C22H24N4O3. The van der Waals surface area contributed by atoms with Crippen molar-refractivity contribution in [2.45, 2.75) is 13.8 Å². The van der Waals surface area contributed by atoms with Crippen molar-refractivity contribution in [3.8, 4) is 11.5 Å². The fourth-order valence-electron chi connectivity index (χ4n) is 2.79. The fraction of sp³-hybridized carbons (Fsp3) is 0.227. The Morgan fingerprint density at radius 3 is 2.21 bits per heavy atom. The fourth-order valence-corrected chi connectivity index (χ4v) is 2.79. The van der Waals surface area contributed by atoms with Crippen LogP contribution in [0.5, 0.6) is 11.5 Å². The van der Waals surface area contributed by atoms with Gasteiger partial charge in [0, 0.05) is 18.1 Å². The molecule has 3 aromatic rings. The van der Waals surface area contributed by atoms with E-state index in [0.29, 0.717) is 24.7 Å². The molecule has 0 unspecified atom stereocenters. The number of carbonyl (C=O) groups is 1. The van der Waals surface area contributed by atoms with Crippen molar-refractivity contribution < 1.29 is 14.3 Å². The van der Waals surface area contributed by atoms with E-state index >= 15 is 0 Å². The number of hydrogen-bond acceptors (Lipinski definition) is 6. The highest BCUT2D eigenvalue weighted by Gasteiger charge is 2.08. The number of aromatic nitrogens is 2. The summed E-state index contributed by atoms with van der Waals surface area (Å²) in [4.78, 5) is 20.7. The number of amides is 1. The standard InChI is InChI=1S/C22H24N4O3/c1-15-10-16(2)12-18(11-15)26-21(27)17-13-24-22(25-14-17)23-8-9-29-20-6-4-19(28-3)5-7-20/h4-7,10-14H,8-9H2,1-3H3,(H,26,27)(H,23,24,25). The minimum atomic E-state index is -0.246. The van der Waals surface area contributed by atoms with E-state index in [2.05, 4.69) is 26.7 Å². The topological polar surface area (TPSA) is 85.4 Å². The van der Waals surface area contributed by atoms with E-state index in [0.717, 1.165) is 28.3 Å². The highest BCUT2D eigenvalue weighted by molar-refractivity contribution is 6.04. The molecule has 0 spiro atoms. The zero-order chi connectivity index (χ0) is 20.6. The van der Waals surface area contributed by atoms with E-state index in [9.17, 15) is 4.79 Å². The van der Waals surface area contributed by atoms with E-state index in [1.165, 1.54) is 12.4 Å². The van der Waals surface area contributed by atoms with Crippen LogP contribution in [0.15, 0.2) is 54.9 Å². The lowest BCUT2D eigenvalue weighted by molar-refractivity contribution is 0.102. The molecule has 0 aliphatic heterocycles. The number of aryl methyl sites for hydroxylation is 2. The maximum Gasteiger partial charge on any atom is 0.258 e. The number of rotatable bonds is 8. The van der Waals surface area contributed by atoms with Gasteiger partial charge in [0.2, 0.25) is 5.95 Å². The van der Waals surface area contributed by atoms with Crippen LogP contribution in [0.3, 0.4) is 0 Å². The van der Waals surface area contributed by atoms with Crippen LogP contribution in [-0.4, -0.2) is 36.1 Å². The number of anilines is 2. The lowest BCUT2D eigenvalue weighted by Gasteiger charge is -2.09. The van der Waals surface area contributed by atoms with Crippen LogP contribution in [0.4, 0.5) is 11.6 Å². The molecule has 0 aliphatic rings. The van der Waals surface area contributed by atoms with E-state index in [1.807, 2.05) is 50.2 Å². The molecule has 0 bridgehead atoms. The summed E-state index contributed by atoms with van der Waals surface area (Å²) >= 11 is 0. The van der Waals surface area contributed by atoms with E-state index in [1.54, 1.807) is 7.11 Å². The van der Waals surface area contributed by atoms with Gasteiger partial charge < -0.3 is 20.1 Å². The molecule has 0 aliphatic carbocycles. The Morgan fingerprint density at radius 1 is 0.966 bits per heavy atom. The van der Waals surface area contributed by atoms with Gasteiger partial charge in [0.25, 0.3) is 5.91 Å². The molecule has 7 heteroatoms. The first-order chi connectivity index (χ1) is 14.0. The molecule has 0 fully saturated rings. The maximum atomic E-state index is 12.4. The van der Waals surface area contributed by atoms with Crippen LogP contribution in [0.2, 0.25) is 0 Å². The molecular weight excluding hydrogens is 368 g/mol. The second-order valence-corrected chi connectivity index (χ2v) is 6.58. The molecule has 1 heterocycles. The first kappa shape index (κ1) is 20.1. The third-order valence-electron chi connectivity index (χ3n) is 4.11. The Kier molecular flexibility index (Phi) is 6.63. The van der Waals surface area contributed by atoms with Crippen LogP contribution in [0, 0.1) is 13.8 Å². The van der Waals surface area contributed by atoms with E-state index in [-0.39, 0.29) is 5.91 Å². The van der Waals surface area contributed by atoms with Crippen LogP contribution in [0.1, 0.15) is 21.5 Å². The van der Waals surface area contributed by atoms with Gasteiger partial charge in [0.1, 0.15) is 18.1 Å². The third kappa shape index (κ3) is 5.93. The molecule has 0 saturated carbocycles. The summed E-state index contributed by atoms with van der Waals surface area (Å²) in [6.45, 7) is 4.96. The zero-order valence-electron chi connectivity index (χ0n) is 16.7. The number of nitrogens with zero attached hydrogens (tertiary/aromatic N) is 2. The monoisotopic (exact) mass is 392 g/mol. The molecule has 150 valence electrons. The highest BCUT2D eigenvalue weighted by Crippen LogP contribution is 2.17. The molecule has 1 aromatic heterocycles. The first-order valence-corrected chi connectivity index (χ1v) is 9.26. The van der Waals surface area contributed by atoms with E-state index in [4.69, 9.17) is 9.47 Å². The summed E-state index contributed by atoms with van der Waals surface area (Å²) in [5, 5.41) is 5.93. The quantitative estimate of drug-likeness (QED) is 0.567. The summed E-state index contributed by atoms with van der Waals surface area (Å²) in [6.07, 6.45) is 3.00. The summed E-state index contributed by atoms with van der Waals surface area (Å²) in [7, 11) is 1.62. The van der Waals surface area contributed by atoms with Crippen LogP contribution in [-0.2, 0) is 0 Å². The van der Waals surface area contributed by atoms with Crippen molar-refractivity contribution in [1.82, 2.24) is 9.97 Å². The number of hydrogen-bond donors (Lipinski definition) is 2. The van der Waals surface area contributed by atoms with Gasteiger partial charge >= 0.3 is 0 Å². The second kappa shape index (κ2) is 9.54. The number of benzene rings is 2. The number of carbonyl (C=O) groups excluding carboxylic acids is 1. The van der Waals surface area contributed by atoms with Gasteiger partial charge in [-0.2, -0.15) is 0 Å². The summed E-state index contributed by atoms with van der Waals surface area (Å²) in [6, 6.07) is 13.3. The summed E-state index contributed by atoms with van der Waals surface area (Å²) < 4.78 is 10.7. The number of nitrogens with one attached hydrogen (secondary N) is 2. The summed E-state index contributed by atoms with van der Waals surface area (Å²) in [5.74, 6) is 1.73. The highest BCUT2D eigenvalue weighted by atomic mass is 16.5. The molecule has 3 rings (SSSR count). The normalized spacial score (nSPS) is 10.3. The second-order valence-electron chi connectivity index (χ2n) is 6.58. The molecule has 0 saturated heterocycles. The van der Waals surface area contributed by atoms with Crippen molar-refractivity contribution in [3.05, 3.63) is 71.5 Å². The van der Waals surface area contributed by atoms with E-state index < -0.39 is 0 Å². The lowest BCUT2D eigenvalue weighted by atomic mass is 10.1. The minimum Gasteiger partial charge on any atom is -0.497 e. The molecule has 7 nitrogen and oxygen atoms in total. The Morgan fingerprint density at radius 2 is 1.59 bits per heavy atom. The Bertz CT molecular complexity index is 937. The first-order valence-electron chi connectivity index (χ1n) is 9.26. The Hall–Kier alpha value is -3.61. The molecule has 2 N–H and O–H groups in total. The van der Waals surface area contributed by atoms with Crippen molar-refractivity contribution in [1.29, 1.82) is 0 Å². The number of ether oxygens (including phenoxy) is 2. The SMILES string of the molecule is COc1ccc(OCCNc2ncc(C(=O)Nc3cc(C)cc(C)c3)cn2)cc1. The Balaban J connectivity index is 1.47. The molecule has 1 amide bonds. The van der Waals surface area contributed by atoms with Gasteiger partial charge in [0.05, 0.1) is 19.2 Å². The number of methoxy groups -OCH3 is 1. The van der Waals surface area contributed by atoms with Gasteiger partial charge in [-0.05, 0) is 61.4 Å². The molecule has 0 atom stereocenters. The van der Waals surface area contributed by atoms with Gasteiger partial charge in [0.15, 0.2) is 0 Å². The molecule has 2 aromatic carbocycles. The largest absolute Gasteiger partial charge is 0.497 e. The lowest BCUT2D eigenvalue weighted by Crippen LogP contribution is -2.15. The van der Waals surface area contributed by atoms with Crippen molar-refractivity contribution >= 4 is 17.5 Å². The van der Waals surface area contributed by atoms with Crippen molar-refractivity contribution in [2.75, 3.05) is 30.9 Å². The predicted molar refractivity (Wildman–Crippen MR) is 113 cm³/mol. The van der Waals surface area contributed by atoms with Gasteiger partial charge in [-0.25, -0.2) is 9.97 Å². The zero-order valence-corrected chi connectivity index (χ0v) is 16.7. The smallest absolute Gasteiger partial charge is 0.258 e. The van der Waals surface area contributed by atoms with Crippen LogP contribution in [0.25, 0.3) is 0 Å². The maximum absolute atomic E-state index is 12.4. The van der Waals surface area contributed by atoms with Gasteiger partial charge in [-0.3, -0.25) is 4.79 Å².